The minimum atomic E-state index is 0.467. The van der Waals surface area contributed by atoms with Crippen molar-refractivity contribution in [3.8, 4) is 5.75 Å². The first-order chi connectivity index (χ1) is 13.7. The highest BCUT2D eigenvalue weighted by Gasteiger charge is 2.03. The molecule has 5 nitrogen and oxygen atoms in total. The monoisotopic (exact) mass is 394 g/mol. The SMILES string of the molecule is CCNC(=NCc1ccc(OCc2ccccn2)cc1)NCc1sccc1C. The van der Waals surface area contributed by atoms with Gasteiger partial charge in [0.05, 0.1) is 18.8 Å². The molecular formula is C22H26N4OS. The predicted octanol–water partition coefficient (Wildman–Crippen LogP) is 4.29. The van der Waals surface area contributed by atoms with Crippen molar-refractivity contribution < 1.29 is 4.74 Å². The first kappa shape index (κ1) is 19.9. The Morgan fingerprint density at radius 1 is 1.11 bits per heavy atom. The number of nitrogens with zero attached hydrogens (tertiary/aromatic N) is 2. The number of rotatable bonds is 8. The second kappa shape index (κ2) is 10.5. The smallest absolute Gasteiger partial charge is 0.191 e. The van der Waals surface area contributed by atoms with Gasteiger partial charge in [-0.15, -0.1) is 11.3 Å². The van der Waals surface area contributed by atoms with Gasteiger partial charge in [-0.05, 0) is 60.7 Å². The van der Waals surface area contributed by atoms with Gasteiger partial charge in [0, 0.05) is 17.6 Å². The molecule has 3 aromatic rings. The maximum absolute atomic E-state index is 5.78. The second-order valence-electron chi connectivity index (χ2n) is 6.33. The Morgan fingerprint density at radius 3 is 2.64 bits per heavy atom. The molecule has 146 valence electrons. The first-order valence-electron chi connectivity index (χ1n) is 9.41. The van der Waals surface area contributed by atoms with E-state index in [-0.39, 0.29) is 0 Å². The molecule has 1 aromatic carbocycles. The lowest BCUT2D eigenvalue weighted by atomic mass is 10.2. The van der Waals surface area contributed by atoms with Crippen molar-refractivity contribution in [3.05, 3.63) is 81.8 Å². The van der Waals surface area contributed by atoms with Gasteiger partial charge in [-0.3, -0.25) is 4.98 Å². The summed E-state index contributed by atoms with van der Waals surface area (Å²) in [5.41, 5.74) is 3.36. The number of ether oxygens (including phenoxy) is 1. The maximum Gasteiger partial charge on any atom is 0.191 e. The number of pyridine rings is 1. The normalized spacial score (nSPS) is 11.3. The molecule has 28 heavy (non-hydrogen) atoms. The number of aryl methyl sites for hydroxylation is 1. The van der Waals surface area contributed by atoms with Crippen LogP contribution in [0.15, 0.2) is 65.1 Å². The minimum absolute atomic E-state index is 0.467. The fourth-order valence-corrected chi connectivity index (χ4v) is 3.44. The highest BCUT2D eigenvalue weighted by molar-refractivity contribution is 7.10. The van der Waals surface area contributed by atoms with Gasteiger partial charge in [-0.25, -0.2) is 4.99 Å². The van der Waals surface area contributed by atoms with Crippen molar-refractivity contribution in [2.24, 2.45) is 4.99 Å². The summed E-state index contributed by atoms with van der Waals surface area (Å²) in [5, 5.41) is 8.82. The van der Waals surface area contributed by atoms with Crippen LogP contribution in [0.2, 0.25) is 0 Å². The van der Waals surface area contributed by atoms with Gasteiger partial charge in [-0.1, -0.05) is 18.2 Å². The number of aromatic nitrogens is 1. The Balaban J connectivity index is 1.52. The van der Waals surface area contributed by atoms with Gasteiger partial charge in [0.15, 0.2) is 5.96 Å². The Kier molecular flexibility index (Phi) is 7.44. The van der Waals surface area contributed by atoms with Crippen LogP contribution in [0.1, 0.15) is 28.6 Å². The molecule has 0 fully saturated rings. The van der Waals surface area contributed by atoms with E-state index >= 15 is 0 Å². The third-order valence-corrected chi connectivity index (χ3v) is 5.21. The zero-order chi connectivity index (χ0) is 19.6. The molecule has 0 aliphatic heterocycles. The molecule has 0 unspecified atom stereocenters. The summed E-state index contributed by atoms with van der Waals surface area (Å²) in [5.74, 6) is 1.65. The molecule has 0 amide bonds. The molecule has 0 saturated carbocycles. The van der Waals surface area contributed by atoms with Crippen LogP contribution in [0.3, 0.4) is 0 Å². The third-order valence-electron chi connectivity index (χ3n) is 4.18. The summed E-state index contributed by atoms with van der Waals surface area (Å²) >= 11 is 1.77. The lowest BCUT2D eigenvalue weighted by Gasteiger charge is -2.11. The number of hydrogen-bond acceptors (Lipinski definition) is 4. The van der Waals surface area contributed by atoms with Gasteiger partial charge in [0.1, 0.15) is 12.4 Å². The van der Waals surface area contributed by atoms with Crippen LogP contribution in [0, 0.1) is 6.92 Å². The molecule has 2 N–H and O–H groups in total. The van der Waals surface area contributed by atoms with Gasteiger partial charge in [0.2, 0.25) is 0 Å². The molecule has 2 heterocycles. The zero-order valence-corrected chi connectivity index (χ0v) is 17.1. The van der Waals surface area contributed by atoms with Crippen LogP contribution in [0.5, 0.6) is 5.75 Å². The van der Waals surface area contributed by atoms with Crippen LogP contribution in [-0.2, 0) is 19.7 Å². The Hall–Kier alpha value is -2.86. The van der Waals surface area contributed by atoms with E-state index in [4.69, 9.17) is 4.74 Å². The summed E-state index contributed by atoms with van der Waals surface area (Å²) in [6.07, 6.45) is 1.77. The van der Waals surface area contributed by atoms with Crippen molar-refractivity contribution >= 4 is 17.3 Å². The average Bonchev–Trinajstić information content (AvgIpc) is 3.15. The summed E-state index contributed by atoms with van der Waals surface area (Å²) in [6, 6.07) is 16.0. The molecular weight excluding hydrogens is 368 g/mol. The Labute approximate surface area is 170 Å². The van der Waals surface area contributed by atoms with Crippen LogP contribution in [-0.4, -0.2) is 17.5 Å². The number of thiophene rings is 1. The van der Waals surface area contributed by atoms with Crippen molar-refractivity contribution in [2.75, 3.05) is 6.54 Å². The highest BCUT2D eigenvalue weighted by Crippen LogP contribution is 2.15. The third kappa shape index (κ3) is 6.09. The van der Waals surface area contributed by atoms with Crippen molar-refractivity contribution in [1.29, 1.82) is 0 Å². The van der Waals surface area contributed by atoms with E-state index in [9.17, 15) is 0 Å². The molecule has 2 aromatic heterocycles. The largest absolute Gasteiger partial charge is 0.487 e. The van der Waals surface area contributed by atoms with E-state index in [0.717, 1.165) is 36.1 Å². The standard InChI is InChI=1S/C22H26N4OS/c1-3-23-22(26-15-21-17(2)11-13-28-21)25-14-18-7-9-20(10-8-18)27-16-19-6-4-5-12-24-19/h4-13H,3,14-16H2,1-2H3,(H2,23,25,26). The summed E-state index contributed by atoms with van der Waals surface area (Å²) in [6.45, 7) is 6.90. The second-order valence-corrected chi connectivity index (χ2v) is 7.33. The van der Waals surface area contributed by atoms with E-state index in [1.54, 1.807) is 17.5 Å². The molecule has 6 heteroatoms. The maximum atomic E-state index is 5.78. The Bertz CT molecular complexity index is 875. The molecule has 0 bridgehead atoms. The van der Waals surface area contributed by atoms with E-state index in [2.05, 4.69) is 45.9 Å². The lowest BCUT2D eigenvalue weighted by Crippen LogP contribution is -2.36. The van der Waals surface area contributed by atoms with E-state index in [0.29, 0.717) is 13.2 Å². The minimum Gasteiger partial charge on any atom is -0.487 e. The fourth-order valence-electron chi connectivity index (χ4n) is 2.59. The van der Waals surface area contributed by atoms with E-state index in [1.165, 1.54) is 10.4 Å². The van der Waals surface area contributed by atoms with Gasteiger partial charge < -0.3 is 15.4 Å². The van der Waals surface area contributed by atoms with Crippen molar-refractivity contribution in [2.45, 2.75) is 33.5 Å². The van der Waals surface area contributed by atoms with E-state index < -0.39 is 0 Å². The molecule has 3 rings (SSSR count). The summed E-state index contributed by atoms with van der Waals surface area (Å²) in [7, 11) is 0. The first-order valence-corrected chi connectivity index (χ1v) is 10.3. The molecule has 0 spiro atoms. The van der Waals surface area contributed by atoms with Crippen LogP contribution in [0.25, 0.3) is 0 Å². The zero-order valence-electron chi connectivity index (χ0n) is 16.3. The number of nitrogens with one attached hydrogen (secondary N) is 2. The summed E-state index contributed by atoms with van der Waals surface area (Å²) in [4.78, 5) is 10.3. The molecule has 0 saturated heterocycles. The highest BCUT2D eigenvalue weighted by atomic mass is 32.1. The quantitative estimate of drug-likeness (QED) is 0.442. The molecule has 0 atom stereocenters. The number of guanidine groups is 1. The van der Waals surface area contributed by atoms with Crippen molar-refractivity contribution in [3.63, 3.8) is 0 Å². The molecule has 0 aliphatic carbocycles. The molecule has 0 radical (unpaired) electrons. The van der Waals surface area contributed by atoms with Crippen LogP contribution >= 0.6 is 11.3 Å². The van der Waals surface area contributed by atoms with E-state index in [1.807, 2.05) is 42.5 Å². The topological polar surface area (TPSA) is 58.5 Å². The van der Waals surface area contributed by atoms with Crippen molar-refractivity contribution in [1.82, 2.24) is 15.6 Å². The predicted molar refractivity (Wildman–Crippen MR) is 116 cm³/mol. The average molecular weight is 395 g/mol. The summed E-state index contributed by atoms with van der Waals surface area (Å²) < 4.78 is 5.78. The van der Waals surface area contributed by atoms with Gasteiger partial charge >= 0.3 is 0 Å². The van der Waals surface area contributed by atoms with Crippen LogP contribution < -0.4 is 15.4 Å². The fraction of sp³-hybridized carbons (Fsp3) is 0.273. The number of benzene rings is 1. The number of hydrogen-bond donors (Lipinski definition) is 2. The Morgan fingerprint density at radius 2 is 1.96 bits per heavy atom. The number of aliphatic imine (C=N–C) groups is 1. The lowest BCUT2D eigenvalue weighted by molar-refractivity contribution is 0.301. The van der Waals surface area contributed by atoms with Gasteiger partial charge in [-0.2, -0.15) is 0 Å². The van der Waals surface area contributed by atoms with Gasteiger partial charge in [0.25, 0.3) is 0 Å². The molecule has 0 aliphatic rings. The van der Waals surface area contributed by atoms with Crippen LogP contribution in [0.4, 0.5) is 0 Å².